The third kappa shape index (κ3) is 2.90. The van der Waals surface area contributed by atoms with E-state index >= 15 is 0 Å². The molecular weight excluding hydrogens is 258 g/mol. The lowest BCUT2D eigenvalue weighted by molar-refractivity contribution is -0.0864. The number of hydrogen-bond acceptors (Lipinski definition) is 5. The number of nitrogens with zero attached hydrogens (tertiary/aromatic N) is 2. The van der Waals surface area contributed by atoms with Gasteiger partial charge in [0.05, 0.1) is 11.3 Å². The van der Waals surface area contributed by atoms with Crippen molar-refractivity contribution in [2.45, 2.75) is 58.1 Å². The SMILES string of the molecule is CCC1(CC)CC(Nc2snc(C)c2C#N)CCO1. The third-order valence-electron chi connectivity index (χ3n) is 4.09. The summed E-state index contributed by atoms with van der Waals surface area (Å²) in [5.41, 5.74) is 1.51. The molecule has 0 saturated carbocycles. The van der Waals surface area contributed by atoms with Crippen molar-refractivity contribution < 1.29 is 4.74 Å². The number of hydrogen-bond donors (Lipinski definition) is 1. The highest BCUT2D eigenvalue weighted by atomic mass is 32.1. The van der Waals surface area contributed by atoms with Gasteiger partial charge in [-0.05, 0) is 44.1 Å². The van der Waals surface area contributed by atoms with E-state index in [2.05, 4.69) is 29.6 Å². The fourth-order valence-electron chi connectivity index (χ4n) is 2.68. The topological polar surface area (TPSA) is 57.9 Å². The Balaban J connectivity index is 2.09. The molecule has 1 atom stereocenters. The summed E-state index contributed by atoms with van der Waals surface area (Å²) in [7, 11) is 0. The third-order valence-corrected chi connectivity index (χ3v) is 4.96. The number of rotatable bonds is 4. The molecule has 1 fully saturated rings. The highest BCUT2D eigenvalue weighted by Gasteiger charge is 2.34. The first-order valence-electron chi connectivity index (χ1n) is 6.91. The van der Waals surface area contributed by atoms with Crippen LogP contribution in [0, 0.1) is 18.3 Å². The van der Waals surface area contributed by atoms with Gasteiger partial charge in [0.1, 0.15) is 16.6 Å². The zero-order chi connectivity index (χ0) is 13.9. The van der Waals surface area contributed by atoms with E-state index in [9.17, 15) is 0 Å². The molecule has 0 bridgehead atoms. The Morgan fingerprint density at radius 1 is 1.53 bits per heavy atom. The van der Waals surface area contributed by atoms with Crippen LogP contribution in [0.5, 0.6) is 0 Å². The van der Waals surface area contributed by atoms with Gasteiger partial charge in [0.15, 0.2) is 0 Å². The van der Waals surface area contributed by atoms with Gasteiger partial charge in [-0.25, -0.2) is 0 Å². The van der Waals surface area contributed by atoms with Crippen molar-refractivity contribution in [3.63, 3.8) is 0 Å². The molecular formula is C14H21N3OS. The molecule has 0 aliphatic carbocycles. The van der Waals surface area contributed by atoms with Crippen LogP contribution in [0.4, 0.5) is 5.00 Å². The molecule has 1 aromatic rings. The molecule has 2 rings (SSSR count). The Bertz CT molecular complexity index is 474. The van der Waals surface area contributed by atoms with E-state index < -0.39 is 0 Å². The van der Waals surface area contributed by atoms with E-state index in [0.717, 1.165) is 43.0 Å². The summed E-state index contributed by atoms with van der Waals surface area (Å²) in [6, 6.07) is 2.61. The van der Waals surface area contributed by atoms with E-state index in [1.165, 1.54) is 11.5 Å². The second-order valence-corrected chi connectivity index (χ2v) is 5.93. The molecule has 1 aromatic heterocycles. The lowest BCUT2D eigenvalue weighted by Crippen LogP contribution is -2.43. The average Bonchev–Trinajstić information content (AvgIpc) is 2.79. The maximum atomic E-state index is 9.16. The average molecular weight is 279 g/mol. The molecule has 4 nitrogen and oxygen atoms in total. The Labute approximate surface area is 118 Å². The van der Waals surface area contributed by atoms with Crippen LogP contribution >= 0.6 is 11.5 Å². The monoisotopic (exact) mass is 279 g/mol. The van der Waals surface area contributed by atoms with Crippen LogP contribution in [0.2, 0.25) is 0 Å². The largest absolute Gasteiger partial charge is 0.375 e. The molecule has 5 heteroatoms. The maximum absolute atomic E-state index is 9.16. The van der Waals surface area contributed by atoms with E-state index in [0.29, 0.717) is 11.6 Å². The van der Waals surface area contributed by atoms with Gasteiger partial charge in [-0.15, -0.1) is 0 Å². The molecule has 1 unspecified atom stereocenters. The van der Waals surface area contributed by atoms with E-state index in [4.69, 9.17) is 10.00 Å². The fourth-order valence-corrected chi connectivity index (χ4v) is 3.50. The normalized spacial score (nSPS) is 21.9. The van der Waals surface area contributed by atoms with Gasteiger partial charge >= 0.3 is 0 Å². The molecule has 0 aromatic carbocycles. The summed E-state index contributed by atoms with van der Waals surface area (Å²) in [6.45, 7) is 7.04. The van der Waals surface area contributed by atoms with Crippen molar-refractivity contribution in [2.24, 2.45) is 0 Å². The summed E-state index contributed by atoms with van der Waals surface area (Å²) in [4.78, 5) is 0. The number of nitrogens with one attached hydrogen (secondary N) is 1. The zero-order valence-corrected chi connectivity index (χ0v) is 12.6. The van der Waals surface area contributed by atoms with Crippen LogP contribution < -0.4 is 5.32 Å². The number of nitriles is 1. The number of ether oxygens (including phenoxy) is 1. The molecule has 0 spiro atoms. The first-order chi connectivity index (χ1) is 9.14. The minimum Gasteiger partial charge on any atom is -0.375 e. The van der Waals surface area contributed by atoms with Gasteiger partial charge in [-0.1, -0.05) is 13.8 Å². The maximum Gasteiger partial charge on any atom is 0.127 e. The Kier molecular flexibility index (Phi) is 4.43. The van der Waals surface area contributed by atoms with Gasteiger partial charge in [0, 0.05) is 12.6 Å². The molecule has 2 heterocycles. The van der Waals surface area contributed by atoms with Crippen LogP contribution in [-0.4, -0.2) is 22.6 Å². The molecule has 0 amide bonds. The van der Waals surface area contributed by atoms with Crippen molar-refractivity contribution in [3.8, 4) is 6.07 Å². The van der Waals surface area contributed by atoms with Crippen molar-refractivity contribution in [3.05, 3.63) is 11.3 Å². The number of anilines is 1. The predicted molar refractivity (Wildman–Crippen MR) is 77.5 cm³/mol. The quantitative estimate of drug-likeness (QED) is 0.916. The van der Waals surface area contributed by atoms with Gasteiger partial charge in [-0.2, -0.15) is 9.64 Å². The summed E-state index contributed by atoms with van der Waals surface area (Å²) >= 11 is 1.39. The Morgan fingerprint density at radius 2 is 2.26 bits per heavy atom. The highest BCUT2D eigenvalue weighted by molar-refractivity contribution is 7.10. The second-order valence-electron chi connectivity index (χ2n) is 5.16. The molecule has 1 aliphatic rings. The molecule has 0 radical (unpaired) electrons. The fraction of sp³-hybridized carbons (Fsp3) is 0.714. The smallest absolute Gasteiger partial charge is 0.127 e. The van der Waals surface area contributed by atoms with Crippen LogP contribution in [-0.2, 0) is 4.74 Å². The van der Waals surface area contributed by atoms with E-state index in [1.807, 2.05) is 6.92 Å². The zero-order valence-electron chi connectivity index (χ0n) is 11.8. The Morgan fingerprint density at radius 3 is 2.89 bits per heavy atom. The number of aryl methyl sites for hydroxylation is 1. The first-order valence-corrected chi connectivity index (χ1v) is 7.68. The van der Waals surface area contributed by atoms with Crippen molar-refractivity contribution >= 4 is 16.5 Å². The first kappa shape index (κ1) is 14.3. The molecule has 1 N–H and O–H groups in total. The molecule has 1 saturated heterocycles. The molecule has 104 valence electrons. The Hall–Kier alpha value is -1.12. The van der Waals surface area contributed by atoms with Crippen molar-refractivity contribution in [2.75, 3.05) is 11.9 Å². The van der Waals surface area contributed by atoms with Crippen LogP contribution in [0.3, 0.4) is 0 Å². The highest BCUT2D eigenvalue weighted by Crippen LogP contribution is 2.34. The van der Waals surface area contributed by atoms with Crippen molar-refractivity contribution in [1.29, 1.82) is 5.26 Å². The van der Waals surface area contributed by atoms with Gasteiger partial charge in [0.2, 0.25) is 0 Å². The standard InChI is InChI=1S/C14H21N3OS/c1-4-14(5-2)8-11(6-7-18-14)16-13-12(9-15)10(3)17-19-13/h11,16H,4-8H2,1-3H3. The van der Waals surface area contributed by atoms with Gasteiger partial charge in [0.25, 0.3) is 0 Å². The lowest BCUT2D eigenvalue weighted by Gasteiger charge is -2.40. The number of aromatic nitrogens is 1. The minimum absolute atomic E-state index is 0.00244. The van der Waals surface area contributed by atoms with Crippen LogP contribution in [0.15, 0.2) is 0 Å². The summed E-state index contributed by atoms with van der Waals surface area (Å²) in [5.74, 6) is 0. The predicted octanol–water partition coefficient (Wildman–Crippen LogP) is 3.47. The second kappa shape index (κ2) is 5.89. The van der Waals surface area contributed by atoms with Gasteiger partial charge in [-0.3, -0.25) is 0 Å². The van der Waals surface area contributed by atoms with Gasteiger partial charge < -0.3 is 10.1 Å². The minimum atomic E-state index is 0.00244. The summed E-state index contributed by atoms with van der Waals surface area (Å²) < 4.78 is 10.2. The summed E-state index contributed by atoms with van der Waals surface area (Å²) in [6.07, 6.45) is 4.06. The van der Waals surface area contributed by atoms with E-state index in [1.54, 1.807) is 0 Å². The molecule has 1 aliphatic heterocycles. The van der Waals surface area contributed by atoms with E-state index in [-0.39, 0.29) is 5.60 Å². The molecule has 19 heavy (non-hydrogen) atoms. The van der Waals surface area contributed by atoms with Crippen molar-refractivity contribution in [1.82, 2.24) is 4.37 Å². The summed E-state index contributed by atoms with van der Waals surface area (Å²) in [5, 5.41) is 13.6. The lowest BCUT2D eigenvalue weighted by atomic mass is 9.86. The van der Waals surface area contributed by atoms with Crippen LogP contribution in [0.25, 0.3) is 0 Å². The van der Waals surface area contributed by atoms with Crippen LogP contribution in [0.1, 0.15) is 50.8 Å².